The predicted molar refractivity (Wildman–Crippen MR) is 102 cm³/mol. The van der Waals surface area contributed by atoms with E-state index in [9.17, 15) is 4.79 Å². The van der Waals surface area contributed by atoms with Crippen LogP contribution in [0.2, 0.25) is 0 Å². The van der Waals surface area contributed by atoms with Gasteiger partial charge in [-0.15, -0.1) is 0 Å². The fraction of sp³-hybridized carbons (Fsp3) is 0.300. The van der Waals surface area contributed by atoms with Crippen LogP contribution >= 0.6 is 0 Å². The summed E-state index contributed by atoms with van der Waals surface area (Å²) in [7, 11) is 3.95. The average molecular weight is 352 g/mol. The number of likely N-dealkylation sites (N-methyl/N-ethyl adjacent to an activating group) is 1. The Kier molecular flexibility index (Phi) is 5.23. The molecule has 0 aliphatic carbocycles. The molecule has 6 heteroatoms. The summed E-state index contributed by atoms with van der Waals surface area (Å²) in [4.78, 5) is 14.8. The van der Waals surface area contributed by atoms with Crippen LogP contribution in [0, 0.1) is 13.8 Å². The maximum Gasteiger partial charge on any atom is 0.270 e. The molecule has 0 bridgehead atoms. The molecule has 6 nitrogen and oxygen atoms in total. The molecule has 2 heterocycles. The molecule has 0 unspecified atom stereocenters. The molecule has 1 amide bonds. The van der Waals surface area contributed by atoms with Gasteiger partial charge in [-0.3, -0.25) is 4.79 Å². The smallest absolute Gasteiger partial charge is 0.270 e. The van der Waals surface area contributed by atoms with Gasteiger partial charge < -0.3 is 14.6 Å². The molecule has 0 spiro atoms. The van der Waals surface area contributed by atoms with Crippen molar-refractivity contribution in [1.29, 1.82) is 0 Å². The van der Waals surface area contributed by atoms with E-state index in [1.165, 1.54) is 5.56 Å². The molecular formula is C20H24N4O2. The van der Waals surface area contributed by atoms with Crippen molar-refractivity contribution < 1.29 is 9.21 Å². The molecule has 0 saturated heterocycles. The van der Waals surface area contributed by atoms with Gasteiger partial charge in [0.2, 0.25) is 0 Å². The zero-order valence-corrected chi connectivity index (χ0v) is 15.6. The molecule has 0 fully saturated rings. The molecule has 26 heavy (non-hydrogen) atoms. The van der Waals surface area contributed by atoms with E-state index in [-0.39, 0.29) is 5.91 Å². The minimum absolute atomic E-state index is 0.155. The van der Waals surface area contributed by atoms with Gasteiger partial charge in [0, 0.05) is 19.2 Å². The Morgan fingerprint density at radius 2 is 2.04 bits per heavy atom. The van der Waals surface area contributed by atoms with Gasteiger partial charge in [-0.25, -0.2) is 4.68 Å². The third kappa shape index (κ3) is 3.86. The SMILES string of the molecule is Cc1ccc(-n2nc(-c3ccco3)cc2C(=O)NCCN(C)C)c(C)c1. The third-order valence-electron chi connectivity index (χ3n) is 4.14. The van der Waals surface area contributed by atoms with E-state index < -0.39 is 0 Å². The van der Waals surface area contributed by atoms with Crippen LogP contribution in [0.15, 0.2) is 47.1 Å². The quantitative estimate of drug-likeness (QED) is 0.741. The maximum absolute atomic E-state index is 12.8. The van der Waals surface area contributed by atoms with Crippen molar-refractivity contribution in [2.75, 3.05) is 27.2 Å². The molecule has 2 aromatic heterocycles. The average Bonchev–Trinajstić information content (AvgIpc) is 3.24. The Morgan fingerprint density at radius 1 is 1.23 bits per heavy atom. The van der Waals surface area contributed by atoms with Gasteiger partial charge in [-0.2, -0.15) is 5.10 Å². The lowest BCUT2D eigenvalue weighted by atomic mass is 10.1. The molecular weight excluding hydrogens is 328 g/mol. The Bertz CT molecular complexity index is 895. The number of hydrogen-bond acceptors (Lipinski definition) is 4. The summed E-state index contributed by atoms with van der Waals surface area (Å²) < 4.78 is 7.14. The van der Waals surface area contributed by atoms with Crippen molar-refractivity contribution in [3.63, 3.8) is 0 Å². The van der Waals surface area contributed by atoms with Crippen molar-refractivity contribution in [2.45, 2.75) is 13.8 Å². The second-order valence-electron chi connectivity index (χ2n) is 6.65. The van der Waals surface area contributed by atoms with Gasteiger partial charge in [-0.05, 0) is 51.7 Å². The van der Waals surface area contributed by atoms with Crippen LogP contribution in [0.4, 0.5) is 0 Å². The first-order chi connectivity index (χ1) is 12.5. The number of nitrogens with zero attached hydrogens (tertiary/aromatic N) is 3. The number of rotatable bonds is 6. The number of amides is 1. The molecule has 3 rings (SSSR count). The fourth-order valence-electron chi connectivity index (χ4n) is 2.80. The van der Waals surface area contributed by atoms with Crippen LogP contribution in [0.3, 0.4) is 0 Å². The molecule has 1 N–H and O–H groups in total. The van der Waals surface area contributed by atoms with Crippen molar-refractivity contribution in [3.05, 3.63) is 59.5 Å². The highest BCUT2D eigenvalue weighted by Gasteiger charge is 2.19. The first-order valence-electron chi connectivity index (χ1n) is 8.60. The van der Waals surface area contributed by atoms with Crippen molar-refractivity contribution in [3.8, 4) is 17.1 Å². The summed E-state index contributed by atoms with van der Waals surface area (Å²) in [5.41, 5.74) is 4.23. The summed E-state index contributed by atoms with van der Waals surface area (Å²) in [6.45, 7) is 5.40. The molecule has 136 valence electrons. The number of aryl methyl sites for hydroxylation is 2. The largest absolute Gasteiger partial charge is 0.463 e. The monoisotopic (exact) mass is 352 g/mol. The van der Waals surface area contributed by atoms with Crippen molar-refractivity contribution >= 4 is 5.91 Å². The van der Waals surface area contributed by atoms with Gasteiger partial charge in [0.1, 0.15) is 11.4 Å². The lowest BCUT2D eigenvalue weighted by Crippen LogP contribution is -2.32. The number of hydrogen-bond donors (Lipinski definition) is 1. The molecule has 0 aliphatic rings. The predicted octanol–water partition coefficient (Wildman–Crippen LogP) is 3.04. The first-order valence-corrected chi connectivity index (χ1v) is 8.60. The van der Waals surface area contributed by atoms with E-state index in [2.05, 4.69) is 16.5 Å². The number of furan rings is 1. The number of nitrogens with one attached hydrogen (secondary N) is 1. The third-order valence-corrected chi connectivity index (χ3v) is 4.14. The number of carbonyl (C=O) groups excluding carboxylic acids is 1. The minimum atomic E-state index is -0.155. The van der Waals surface area contributed by atoms with Crippen LogP contribution < -0.4 is 5.32 Å². The molecule has 1 aromatic carbocycles. The van der Waals surface area contributed by atoms with Gasteiger partial charge in [0.15, 0.2) is 5.76 Å². The Morgan fingerprint density at radius 3 is 2.69 bits per heavy atom. The van der Waals surface area contributed by atoms with E-state index in [0.29, 0.717) is 23.7 Å². The lowest BCUT2D eigenvalue weighted by molar-refractivity contribution is 0.0943. The van der Waals surface area contributed by atoms with Crippen molar-refractivity contribution in [1.82, 2.24) is 20.0 Å². The van der Waals surface area contributed by atoms with Crippen LogP contribution in [-0.4, -0.2) is 47.8 Å². The molecule has 0 aliphatic heterocycles. The lowest BCUT2D eigenvalue weighted by Gasteiger charge is -2.13. The number of aromatic nitrogens is 2. The van der Waals surface area contributed by atoms with Crippen LogP contribution in [0.5, 0.6) is 0 Å². The van der Waals surface area contributed by atoms with E-state index in [1.807, 2.05) is 57.1 Å². The van der Waals surface area contributed by atoms with Crippen LogP contribution in [-0.2, 0) is 0 Å². The summed E-state index contributed by atoms with van der Waals surface area (Å²) in [5.74, 6) is 0.480. The Labute approximate surface area is 153 Å². The van der Waals surface area contributed by atoms with E-state index >= 15 is 0 Å². The summed E-state index contributed by atoms with van der Waals surface area (Å²) in [6.07, 6.45) is 1.60. The zero-order valence-electron chi connectivity index (χ0n) is 15.6. The summed E-state index contributed by atoms with van der Waals surface area (Å²) in [5, 5.41) is 7.59. The van der Waals surface area contributed by atoms with E-state index in [0.717, 1.165) is 17.8 Å². The number of benzene rings is 1. The Balaban J connectivity index is 1.99. The molecule has 0 atom stereocenters. The second-order valence-corrected chi connectivity index (χ2v) is 6.65. The first kappa shape index (κ1) is 17.9. The van der Waals surface area contributed by atoms with E-state index in [1.54, 1.807) is 17.0 Å². The van der Waals surface area contributed by atoms with Gasteiger partial charge in [-0.1, -0.05) is 17.7 Å². The van der Waals surface area contributed by atoms with Crippen LogP contribution in [0.1, 0.15) is 21.6 Å². The molecule has 0 saturated carbocycles. The van der Waals surface area contributed by atoms with Gasteiger partial charge in [0.05, 0.1) is 12.0 Å². The standard InChI is InChI=1S/C20H24N4O2/c1-14-7-8-17(15(2)12-14)24-18(20(25)21-9-10-23(3)4)13-16(22-24)19-6-5-11-26-19/h5-8,11-13H,9-10H2,1-4H3,(H,21,25). The molecule has 0 radical (unpaired) electrons. The minimum Gasteiger partial charge on any atom is -0.463 e. The second kappa shape index (κ2) is 7.58. The van der Waals surface area contributed by atoms with Crippen LogP contribution in [0.25, 0.3) is 17.1 Å². The highest BCUT2D eigenvalue weighted by molar-refractivity contribution is 5.94. The summed E-state index contributed by atoms with van der Waals surface area (Å²) in [6, 6.07) is 11.5. The number of carbonyl (C=O) groups is 1. The zero-order chi connectivity index (χ0) is 18.7. The van der Waals surface area contributed by atoms with Gasteiger partial charge >= 0.3 is 0 Å². The van der Waals surface area contributed by atoms with Gasteiger partial charge in [0.25, 0.3) is 5.91 Å². The topological polar surface area (TPSA) is 63.3 Å². The van der Waals surface area contributed by atoms with Crippen molar-refractivity contribution in [2.24, 2.45) is 0 Å². The fourth-order valence-corrected chi connectivity index (χ4v) is 2.80. The maximum atomic E-state index is 12.8. The molecule has 3 aromatic rings. The highest BCUT2D eigenvalue weighted by Crippen LogP contribution is 2.24. The Hall–Kier alpha value is -2.86. The summed E-state index contributed by atoms with van der Waals surface area (Å²) >= 11 is 0. The highest BCUT2D eigenvalue weighted by atomic mass is 16.3. The normalized spacial score (nSPS) is 11.1. The van der Waals surface area contributed by atoms with E-state index in [4.69, 9.17) is 4.42 Å².